The van der Waals surface area contributed by atoms with Crippen LogP contribution in [0.25, 0.3) is 6.08 Å². The van der Waals surface area contributed by atoms with E-state index in [4.69, 9.17) is 18.9 Å². The molecule has 1 amide bonds. The number of ether oxygens (including phenoxy) is 4. The van der Waals surface area contributed by atoms with E-state index in [1.807, 2.05) is 6.07 Å². The minimum absolute atomic E-state index is 0.0272. The fourth-order valence-electron chi connectivity index (χ4n) is 3.55. The van der Waals surface area contributed by atoms with E-state index in [0.717, 1.165) is 0 Å². The highest BCUT2D eigenvalue weighted by Crippen LogP contribution is 2.40. The van der Waals surface area contributed by atoms with Gasteiger partial charge in [-0.2, -0.15) is 5.26 Å². The summed E-state index contributed by atoms with van der Waals surface area (Å²) < 4.78 is 22.4. The molecule has 1 atom stereocenters. The molecule has 1 saturated heterocycles. The van der Waals surface area contributed by atoms with Crippen LogP contribution in [0.5, 0.6) is 23.0 Å². The average molecular weight is 466 g/mol. The Balaban J connectivity index is 1.73. The summed E-state index contributed by atoms with van der Waals surface area (Å²) in [6.45, 7) is 2.28. The number of benzene rings is 2. The average Bonchev–Trinajstić information content (AvgIpc) is 2.86. The molecule has 1 N–H and O–H groups in total. The largest absolute Gasteiger partial charge is 0.508 e. The van der Waals surface area contributed by atoms with Gasteiger partial charge in [-0.15, -0.1) is 0 Å². The zero-order valence-electron chi connectivity index (χ0n) is 19.2. The number of nitrogens with zero attached hydrogens (tertiary/aromatic N) is 2. The van der Waals surface area contributed by atoms with Crippen molar-refractivity contribution >= 4 is 17.8 Å². The highest BCUT2D eigenvalue weighted by atomic mass is 16.6. The first kappa shape index (κ1) is 24.6. The molecule has 9 nitrogen and oxygen atoms in total. The summed E-state index contributed by atoms with van der Waals surface area (Å²) in [6, 6.07) is 11.4. The standard InChI is InChI=1S/C25H26N2O7/c1-16(28)21-8-9-22(31-2)24(32-3)23(21)34-15-20-14-27(10-11-33-20)25(30)18(13-26)12-17-4-6-19(29)7-5-17/h4-9,12,20,29H,10-11,14-15H2,1-3H3/b18-12+. The molecule has 0 aromatic heterocycles. The molecule has 2 aromatic carbocycles. The summed E-state index contributed by atoms with van der Waals surface area (Å²) in [6.07, 6.45) is 0.991. The van der Waals surface area contributed by atoms with Gasteiger partial charge in [-0.05, 0) is 42.8 Å². The van der Waals surface area contributed by atoms with Crippen molar-refractivity contribution in [2.24, 2.45) is 0 Å². The zero-order valence-corrected chi connectivity index (χ0v) is 19.2. The molecule has 1 aliphatic rings. The third-order valence-electron chi connectivity index (χ3n) is 5.27. The Bertz CT molecular complexity index is 1120. The number of phenolic OH excluding ortho intramolecular Hbond substituents is 1. The van der Waals surface area contributed by atoms with Crippen molar-refractivity contribution in [2.45, 2.75) is 13.0 Å². The number of nitriles is 1. The second-order valence-corrected chi connectivity index (χ2v) is 7.55. The van der Waals surface area contributed by atoms with Gasteiger partial charge in [0.15, 0.2) is 17.3 Å². The van der Waals surface area contributed by atoms with Crippen LogP contribution in [0.2, 0.25) is 0 Å². The second kappa shape index (κ2) is 11.2. The van der Waals surface area contributed by atoms with Crippen molar-refractivity contribution in [2.75, 3.05) is 40.5 Å². The van der Waals surface area contributed by atoms with E-state index in [0.29, 0.717) is 29.2 Å². The number of morpholine rings is 1. The number of Topliss-reactive ketones (excluding diaryl/α,β-unsaturated/α-hetero) is 1. The Morgan fingerprint density at radius 3 is 2.53 bits per heavy atom. The molecule has 0 bridgehead atoms. The Morgan fingerprint density at radius 1 is 1.18 bits per heavy atom. The van der Waals surface area contributed by atoms with Gasteiger partial charge < -0.3 is 29.0 Å². The van der Waals surface area contributed by atoms with Gasteiger partial charge in [0.2, 0.25) is 5.75 Å². The SMILES string of the molecule is COc1ccc(C(C)=O)c(OCC2CN(C(=O)/C(C#N)=C/c3ccc(O)cc3)CCO2)c1OC. The summed E-state index contributed by atoms with van der Waals surface area (Å²) in [5.74, 6) is 0.428. The lowest BCUT2D eigenvalue weighted by Gasteiger charge is -2.33. The van der Waals surface area contributed by atoms with Crippen LogP contribution in [0.15, 0.2) is 42.0 Å². The Labute approximate surface area is 197 Å². The van der Waals surface area contributed by atoms with E-state index in [2.05, 4.69) is 0 Å². The lowest BCUT2D eigenvalue weighted by molar-refractivity contribution is -0.135. The topological polar surface area (TPSA) is 118 Å². The summed E-state index contributed by atoms with van der Waals surface area (Å²) in [7, 11) is 2.94. The second-order valence-electron chi connectivity index (χ2n) is 7.55. The number of phenols is 1. The molecule has 34 heavy (non-hydrogen) atoms. The molecular weight excluding hydrogens is 440 g/mol. The Kier molecular flexibility index (Phi) is 8.11. The number of rotatable bonds is 8. The quantitative estimate of drug-likeness (QED) is 0.358. The minimum Gasteiger partial charge on any atom is -0.508 e. The van der Waals surface area contributed by atoms with Crippen LogP contribution in [0.1, 0.15) is 22.8 Å². The monoisotopic (exact) mass is 466 g/mol. The van der Waals surface area contributed by atoms with Crippen molar-refractivity contribution in [1.29, 1.82) is 5.26 Å². The van der Waals surface area contributed by atoms with Crippen LogP contribution in [-0.2, 0) is 9.53 Å². The third-order valence-corrected chi connectivity index (χ3v) is 5.27. The van der Waals surface area contributed by atoms with Gasteiger partial charge in [-0.25, -0.2) is 0 Å². The van der Waals surface area contributed by atoms with Crippen LogP contribution >= 0.6 is 0 Å². The smallest absolute Gasteiger partial charge is 0.264 e. The molecule has 1 aliphatic heterocycles. The van der Waals surface area contributed by atoms with E-state index >= 15 is 0 Å². The first-order valence-electron chi connectivity index (χ1n) is 10.6. The van der Waals surface area contributed by atoms with E-state index < -0.39 is 12.0 Å². The molecule has 1 fully saturated rings. The van der Waals surface area contributed by atoms with Gasteiger partial charge in [0.1, 0.15) is 30.1 Å². The molecule has 0 aliphatic carbocycles. The van der Waals surface area contributed by atoms with Gasteiger partial charge >= 0.3 is 0 Å². The summed E-state index contributed by atoms with van der Waals surface area (Å²) in [5.41, 5.74) is 0.934. The van der Waals surface area contributed by atoms with Crippen molar-refractivity contribution in [3.05, 3.63) is 53.1 Å². The molecule has 9 heteroatoms. The minimum atomic E-state index is -0.484. The lowest BCUT2D eigenvalue weighted by atomic mass is 10.1. The number of methoxy groups -OCH3 is 2. The van der Waals surface area contributed by atoms with E-state index in [1.54, 1.807) is 24.3 Å². The summed E-state index contributed by atoms with van der Waals surface area (Å²) in [4.78, 5) is 26.6. The number of hydrogen-bond donors (Lipinski definition) is 1. The van der Waals surface area contributed by atoms with Gasteiger partial charge in [0.25, 0.3) is 5.91 Å². The van der Waals surface area contributed by atoms with Crippen LogP contribution in [0, 0.1) is 11.3 Å². The summed E-state index contributed by atoms with van der Waals surface area (Å²) >= 11 is 0. The van der Waals surface area contributed by atoms with Crippen LogP contribution < -0.4 is 14.2 Å². The number of carbonyl (C=O) groups excluding carboxylic acids is 2. The molecular formula is C25H26N2O7. The first-order valence-corrected chi connectivity index (χ1v) is 10.6. The molecule has 0 saturated carbocycles. The van der Waals surface area contributed by atoms with Gasteiger partial charge in [0, 0.05) is 6.54 Å². The van der Waals surface area contributed by atoms with Gasteiger partial charge in [0.05, 0.1) is 32.9 Å². The molecule has 0 spiro atoms. The maximum atomic E-state index is 13.0. The zero-order chi connectivity index (χ0) is 24.7. The Hall–Kier alpha value is -4.03. The number of carbonyl (C=O) groups is 2. The molecule has 2 aromatic rings. The number of ketones is 1. The number of aromatic hydroxyl groups is 1. The molecule has 3 rings (SSSR count). The fourth-order valence-corrected chi connectivity index (χ4v) is 3.55. The highest BCUT2D eigenvalue weighted by molar-refractivity contribution is 6.01. The van der Waals surface area contributed by atoms with E-state index in [-0.39, 0.29) is 42.6 Å². The lowest BCUT2D eigenvalue weighted by Crippen LogP contribution is -2.48. The third kappa shape index (κ3) is 5.66. The highest BCUT2D eigenvalue weighted by Gasteiger charge is 2.28. The van der Waals surface area contributed by atoms with Crippen LogP contribution in [0.3, 0.4) is 0 Å². The molecule has 1 unspecified atom stereocenters. The van der Waals surface area contributed by atoms with Crippen molar-refractivity contribution in [3.63, 3.8) is 0 Å². The van der Waals surface area contributed by atoms with Crippen LogP contribution in [0.4, 0.5) is 0 Å². The summed E-state index contributed by atoms with van der Waals surface area (Å²) in [5, 5.41) is 18.9. The van der Waals surface area contributed by atoms with Gasteiger partial charge in [-0.1, -0.05) is 12.1 Å². The van der Waals surface area contributed by atoms with Gasteiger partial charge in [-0.3, -0.25) is 9.59 Å². The Morgan fingerprint density at radius 2 is 1.91 bits per heavy atom. The normalized spacial score (nSPS) is 15.9. The van der Waals surface area contributed by atoms with Crippen molar-refractivity contribution < 1.29 is 33.6 Å². The van der Waals surface area contributed by atoms with Crippen LogP contribution in [-0.4, -0.2) is 68.3 Å². The number of amides is 1. The van der Waals surface area contributed by atoms with Crippen molar-refractivity contribution in [3.8, 4) is 29.1 Å². The first-order chi connectivity index (χ1) is 16.4. The predicted octanol–water partition coefficient (Wildman–Crippen LogP) is 2.83. The van der Waals surface area contributed by atoms with E-state index in [1.165, 1.54) is 44.3 Å². The van der Waals surface area contributed by atoms with E-state index in [9.17, 15) is 20.0 Å². The molecule has 0 radical (unpaired) electrons. The maximum absolute atomic E-state index is 13.0. The molecule has 178 valence electrons. The maximum Gasteiger partial charge on any atom is 0.264 e. The number of hydrogen-bond acceptors (Lipinski definition) is 8. The fraction of sp³-hybridized carbons (Fsp3) is 0.320. The predicted molar refractivity (Wildman–Crippen MR) is 123 cm³/mol. The van der Waals surface area contributed by atoms with Crippen molar-refractivity contribution in [1.82, 2.24) is 4.90 Å². The molecule has 1 heterocycles.